The zero-order valence-electron chi connectivity index (χ0n) is 15.8. The van der Waals surface area contributed by atoms with E-state index in [9.17, 15) is 14.0 Å². The van der Waals surface area contributed by atoms with Crippen LogP contribution in [0.15, 0.2) is 45.2 Å². The summed E-state index contributed by atoms with van der Waals surface area (Å²) in [7, 11) is 1.43. The summed E-state index contributed by atoms with van der Waals surface area (Å²) in [5.74, 6) is -0.574. The van der Waals surface area contributed by atoms with Gasteiger partial charge < -0.3 is 24.0 Å². The van der Waals surface area contributed by atoms with Crippen molar-refractivity contribution < 1.29 is 32.3 Å². The fraction of sp³-hybridized carbons (Fsp3) is 0.100. The van der Waals surface area contributed by atoms with E-state index in [1.54, 1.807) is 13.0 Å². The van der Waals surface area contributed by atoms with E-state index >= 15 is 0 Å². The normalized spacial score (nSPS) is 10.9. The van der Waals surface area contributed by atoms with Gasteiger partial charge in [-0.2, -0.15) is 0 Å². The molecule has 0 aliphatic heterocycles. The zero-order chi connectivity index (χ0) is 21.4. The minimum absolute atomic E-state index is 0.0668. The van der Waals surface area contributed by atoms with Crippen LogP contribution < -0.4 is 10.5 Å². The number of aryl methyl sites for hydroxylation is 1. The highest BCUT2D eigenvalue weighted by Crippen LogP contribution is 2.40. The smallest absolute Gasteiger partial charge is 0.412 e. The molecule has 0 aliphatic rings. The summed E-state index contributed by atoms with van der Waals surface area (Å²) in [4.78, 5) is 23.8. The van der Waals surface area contributed by atoms with Gasteiger partial charge in [0.2, 0.25) is 5.89 Å². The number of hydrogen-bond donors (Lipinski definition) is 1. The number of hydrogen-bond acceptors (Lipinski definition) is 8. The van der Waals surface area contributed by atoms with Gasteiger partial charge in [0, 0.05) is 17.9 Å². The first-order valence-electron chi connectivity index (χ1n) is 8.60. The van der Waals surface area contributed by atoms with Crippen LogP contribution in [0, 0.1) is 12.7 Å². The van der Waals surface area contributed by atoms with E-state index in [2.05, 4.69) is 14.9 Å². The molecule has 10 heteroatoms. The minimum atomic E-state index is -1.27. The molecule has 4 rings (SSSR count). The fourth-order valence-electron chi connectivity index (χ4n) is 3.01. The Morgan fingerprint density at radius 1 is 1.10 bits per heavy atom. The van der Waals surface area contributed by atoms with Gasteiger partial charge in [0.25, 0.3) is 5.89 Å². The number of primary amides is 1. The maximum absolute atomic E-state index is 13.4. The Morgan fingerprint density at radius 2 is 1.83 bits per heavy atom. The molecule has 9 nitrogen and oxygen atoms in total. The predicted molar refractivity (Wildman–Crippen MR) is 101 cm³/mol. The molecule has 0 radical (unpaired) electrons. The van der Waals surface area contributed by atoms with Crippen molar-refractivity contribution in [2.75, 3.05) is 7.11 Å². The van der Waals surface area contributed by atoms with Gasteiger partial charge in [0.1, 0.15) is 28.5 Å². The van der Waals surface area contributed by atoms with E-state index in [-0.39, 0.29) is 28.2 Å². The Balaban J connectivity index is 1.98. The lowest BCUT2D eigenvalue weighted by Crippen LogP contribution is -2.18. The molecule has 2 aromatic carbocycles. The molecule has 0 saturated carbocycles. The van der Waals surface area contributed by atoms with Crippen LogP contribution in [-0.2, 0) is 4.74 Å². The van der Waals surface area contributed by atoms with Crippen molar-refractivity contribution in [2.24, 2.45) is 5.73 Å². The van der Waals surface area contributed by atoms with Crippen molar-refractivity contribution in [3.63, 3.8) is 0 Å². The van der Waals surface area contributed by atoms with Crippen molar-refractivity contribution in [3.8, 4) is 28.5 Å². The average molecular weight is 411 g/mol. The summed E-state index contributed by atoms with van der Waals surface area (Å²) >= 11 is 0. The molecule has 30 heavy (non-hydrogen) atoms. The maximum Gasteiger partial charge on any atom is 0.412 e. The van der Waals surface area contributed by atoms with Gasteiger partial charge >= 0.3 is 12.1 Å². The number of aromatic nitrogens is 2. The second-order valence-corrected chi connectivity index (χ2v) is 6.20. The number of fused-ring (bicyclic) bond motifs is 1. The molecule has 2 heterocycles. The summed E-state index contributed by atoms with van der Waals surface area (Å²) in [6.07, 6.45) is -1.27. The summed E-state index contributed by atoms with van der Waals surface area (Å²) in [6.45, 7) is 1.64. The van der Waals surface area contributed by atoms with Crippen molar-refractivity contribution >= 4 is 23.0 Å². The number of halogens is 1. The van der Waals surface area contributed by atoms with Gasteiger partial charge in [0.05, 0.1) is 12.7 Å². The van der Waals surface area contributed by atoms with Gasteiger partial charge in [-0.25, -0.2) is 14.0 Å². The number of esters is 1. The van der Waals surface area contributed by atoms with Crippen molar-refractivity contribution in [3.05, 3.63) is 53.7 Å². The van der Waals surface area contributed by atoms with E-state index in [4.69, 9.17) is 19.3 Å². The van der Waals surface area contributed by atoms with Gasteiger partial charge in [-0.15, -0.1) is 10.2 Å². The number of rotatable bonds is 4. The molecule has 4 aromatic rings. The molecule has 2 N–H and O–H groups in total. The summed E-state index contributed by atoms with van der Waals surface area (Å²) in [5.41, 5.74) is 5.99. The first kappa shape index (κ1) is 19.1. The third-order valence-corrected chi connectivity index (χ3v) is 4.27. The lowest BCUT2D eigenvalue weighted by atomic mass is 10.0. The van der Waals surface area contributed by atoms with Crippen molar-refractivity contribution in [1.82, 2.24) is 10.2 Å². The average Bonchev–Trinajstić information content (AvgIpc) is 3.30. The van der Waals surface area contributed by atoms with Gasteiger partial charge in [-0.1, -0.05) is 0 Å². The number of ether oxygens (including phenoxy) is 2. The molecule has 0 fully saturated rings. The van der Waals surface area contributed by atoms with Crippen LogP contribution in [0.1, 0.15) is 16.2 Å². The topological polar surface area (TPSA) is 131 Å². The Morgan fingerprint density at radius 3 is 2.43 bits per heavy atom. The Kier molecular flexibility index (Phi) is 4.66. The Labute approximate surface area is 168 Å². The van der Waals surface area contributed by atoms with Crippen LogP contribution >= 0.6 is 0 Å². The lowest BCUT2D eigenvalue weighted by molar-refractivity contribution is 0.0640. The molecule has 152 valence electrons. The first-order chi connectivity index (χ1) is 14.4. The summed E-state index contributed by atoms with van der Waals surface area (Å²) in [6, 6.07) is 8.33. The van der Waals surface area contributed by atoms with Crippen LogP contribution in [0.2, 0.25) is 0 Å². The van der Waals surface area contributed by atoms with Gasteiger partial charge in [-0.05, 0) is 36.4 Å². The van der Waals surface area contributed by atoms with Crippen LogP contribution in [0.5, 0.6) is 5.75 Å². The third-order valence-electron chi connectivity index (χ3n) is 4.27. The van der Waals surface area contributed by atoms with Crippen molar-refractivity contribution in [2.45, 2.75) is 6.92 Å². The van der Waals surface area contributed by atoms with Gasteiger partial charge in [0.15, 0.2) is 0 Å². The second-order valence-electron chi connectivity index (χ2n) is 6.20. The number of nitrogens with zero attached hydrogens (tertiary/aromatic N) is 2. The standard InChI is InChI=1S/C20H14FN3O6/c1-9-23-24-18(28-9)13-8-15-12(7-14(13)27-2)16(19(25)30-20(22)26)17(29-15)10-3-5-11(21)6-4-10/h3-8H,1-2H3,(H2,22,26). The molecule has 2 aromatic heterocycles. The maximum atomic E-state index is 13.4. The summed E-state index contributed by atoms with van der Waals surface area (Å²) in [5, 5.41) is 8.05. The predicted octanol–water partition coefficient (Wildman–Crippen LogP) is 3.84. The highest BCUT2D eigenvalue weighted by molar-refractivity contribution is 6.12. The molecule has 0 atom stereocenters. The molecule has 0 spiro atoms. The SMILES string of the molecule is COc1cc2c(C(=O)OC(N)=O)c(-c3ccc(F)cc3)oc2cc1-c1nnc(C)o1. The molecule has 0 aliphatic carbocycles. The first-order valence-corrected chi connectivity index (χ1v) is 8.60. The Hall–Kier alpha value is -4.21. The zero-order valence-corrected chi connectivity index (χ0v) is 15.8. The fourth-order valence-corrected chi connectivity index (χ4v) is 3.01. The highest BCUT2D eigenvalue weighted by Gasteiger charge is 2.27. The van der Waals surface area contributed by atoms with Crippen LogP contribution in [0.25, 0.3) is 33.7 Å². The van der Waals surface area contributed by atoms with Gasteiger partial charge in [-0.3, -0.25) is 0 Å². The number of amides is 1. The van der Waals surface area contributed by atoms with Crippen molar-refractivity contribution in [1.29, 1.82) is 0 Å². The van der Waals surface area contributed by atoms with Crippen LogP contribution in [-0.4, -0.2) is 29.4 Å². The van der Waals surface area contributed by atoms with Crippen LogP contribution in [0.3, 0.4) is 0 Å². The minimum Gasteiger partial charge on any atom is -0.496 e. The van der Waals surface area contributed by atoms with E-state index in [1.807, 2.05) is 0 Å². The van der Waals surface area contributed by atoms with E-state index in [0.717, 1.165) is 0 Å². The van der Waals surface area contributed by atoms with E-state index in [0.29, 0.717) is 22.8 Å². The van der Waals surface area contributed by atoms with E-state index < -0.39 is 17.9 Å². The molecular weight excluding hydrogens is 397 g/mol. The third kappa shape index (κ3) is 3.34. The molecular formula is C20H14FN3O6. The largest absolute Gasteiger partial charge is 0.496 e. The van der Waals surface area contributed by atoms with E-state index in [1.165, 1.54) is 37.4 Å². The Bertz CT molecular complexity index is 1280. The second kappa shape index (κ2) is 7.32. The molecule has 0 bridgehead atoms. The quantitative estimate of drug-likeness (QED) is 0.396. The molecule has 0 unspecified atom stereocenters. The monoisotopic (exact) mass is 411 g/mol. The number of methoxy groups -OCH3 is 1. The number of benzene rings is 2. The summed E-state index contributed by atoms with van der Waals surface area (Å²) < 4.78 is 34.7. The van der Waals surface area contributed by atoms with Crippen LogP contribution in [0.4, 0.5) is 9.18 Å². The lowest BCUT2D eigenvalue weighted by Gasteiger charge is -2.06. The number of carbonyl (C=O) groups is 2. The molecule has 1 amide bonds. The number of furan rings is 1. The molecule has 0 saturated heterocycles. The highest BCUT2D eigenvalue weighted by atomic mass is 19.1. The number of nitrogens with two attached hydrogens (primary N) is 1. The number of carbonyl (C=O) groups excluding carboxylic acids is 2.